The van der Waals surface area contributed by atoms with Gasteiger partial charge in [0.15, 0.2) is 5.75 Å². The highest BCUT2D eigenvalue weighted by Gasteiger charge is 2.36. The van der Waals surface area contributed by atoms with Gasteiger partial charge in [-0.05, 0) is 42.0 Å². The topological polar surface area (TPSA) is 162 Å². The summed E-state index contributed by atoms with van der Waals surface area (Å²) in [5, 5.41) is 24.1. The lowest BCUT2D eigenvalue weighted by Gasteiger charge is -2.26. The standard InChI is InChI=1S/C23H12Cl2N4O8/c24-16-9-12(8-15-21(30)26-23(32)27(22(15)31)13-4-2-1-3-5-13)10-17(25)20(16)37-19-7-6-14(28(33)34)11-18(19)29(35)36/h1-11H,(H,26,30,32)/b15-8+. The predicted molar refractivity (Wildman–Crippen MR) is 132 cm³/mol. The summed E-state index contributed by atoms with van der Waals surface area (Å²) < 4.78 is 5.50. The number of imide groups is 2. The average Bonchev–Trinajstić information content (AvgIpc) is 2.84. The van der Waals surface area contributed by atoms with Crippen LogP contribution in [0.5, 0.6) is 11.5 Å². The number of rotatable bonds is 6. The van der Waals surface area contributed by atoms with Gasteiger partial charge in [0.05, 0.1) is 31.6 Å². The predicted octanol–water partition coefficient (Wildman–Crippen LogP) is 5.27. The summed E-state index contributed by atoms with van der Waals surface area (Å²) in [6.45, 7) is 0. The summed E-state index contributed by atoms with van der Waals surface area (Å²) in [5.41, 5.74) is -1.16. The number of nitrogens with zero attached hydrogens (tertiary/aromatic N) is 3. The highest BCUT2D eigenvalue weighted by atomic mass is 35.5. The molecule has 0 unspecified atom stereocenters. The van der Waals surface area contributed by atoms with Crippen molar-refractivity contribution in [3.8, 4) is 11.5 Å². The molecule has 186 valence electrons. The summed E-state index contributed by atoms with van der Waals surface area (Å²) in [6.07, 6.45) is 1.16. The lowest BCUT2D eigenvalue weighted by molar-refractivity contribution is -0.394. The van der Waals surface area contributed by atoms with Gasteiger partial charge < -0.3 is 4.74 Å². The zero-order chi connectivity index (χ0) is 26.9. The zero-order valence-electron chi connectivity index (χ0n) is 18.2. The number of nitro groups is 2. The van der Waals surface area contributed by atoms with E-state index in [-0.39, 0.29) is 38.4 Å². The lowest BCUT2D eigenvalue weighted by atomic mass is 10.1. The van der Waals surface area contributed by atoms with Gasteiger partial charge in [0.25, 0.3) is 17.5 Å². The largest absolute Gasteiger partial charge is 0.447 e. The Morgan fingerprint density at radius 1 is 0.892 bits per heavy atom. The first kappa shape index (κ1) is 25.3. The molecular formula is C23H12Cl2N4O8. The molecule has 0 radical (unpaired) electrons. The number of urea groups is 1. The Hall–Kier alpha value is -4.81. The van der Waals surface area contributed by atoms with Gasteiger partial charge in [-0.15, -0.1) is 0 Å². The highest BCUT2D eigenvalue weighted by molar-refractivity contribution is 6.40. The van der Waals surface area contributed by atoms with E-state index in [4.69, 9.17) is 27.9 Å². The second-order valence-electron chi connectivity index (χ2n) is 7.38. The number of non-ortho nitro benzene ring substituents is 1. The van der Waals surface area contributed by atoms with Gasteiger partial charge >= 0.3 is 11.7 Å². The van der Waals surface area contributed by atoms with E-state index in [0.717, 1.165) is 29.2 Å². The Bertz CT molecular complexity index is 1500. The molecule has 1 aliphatic rings. The summed E-state index contributed by atoms with van der Waals surface area (Å²) in [4.78, 5) is 59.1. The number of hydrogen-bond acceptors (Lipinski definition) is 8. The van der Waals surface area contributed by atoms with Crippen molar-refractivity contribution >= 4 is 64.2 Å². The van der Waals surface area contributed by atoms with E-state index in [1.165, 1.54) is 24.3 Å². The van der Waals surface area contributed by atoms with Crippen LogP contribution < -0.4 is 15.0 Å². The Morgan fingerprint density at radius 3 is 2.14 bits per heavy atom. The number of halogens is 2. The number of amides is 4. The van der Waals surface area contributed by atoms with Crippen LogP contribution in [0, 0.1) is 20.2 Å². The molecule has 3 aromatic rings. The maximum absolute atomic E-state index is 13.0. The van der Waals surface area contributed by atoms with Gasteiger partial charge in [-0.25, -0.2) is 9.69 Å². The smallest absolute Gasteiger partial charge is 0.335 e. The molecule has 0 aromatic heterocycles. The van der Waals surface area contributed by atoms with Crippen LogP contribution in [0.3, 0.4) is 0 Å². The second-order valence-corrected chi connectivity index (χ2v) is 8.19. The van der Waals surface area contributed by atoms with E-state index in [1.54, 1.807) is 18.2 Å². The number of ether oxygens (including phenoxy) is 1. The monoisotopic (exact) mass is 542 g/mol. The first-order chi connectivity index (χ1) is 17.6. The fourth-order valence-corrected chi connectivity index (χ4v) is 3.94. The maximum atomic E-state index is 13.0. The van der Waals surface area contributed by atoms with E-state index in [9.17, 15) is 34.6 Å². The molecule has 12 nitrogen and oxygen atoms in total. The van der Waals surface area contributed by atoms with Crippen LogP contribution in [0.4, 0.5) is 21.9 Å². The summed E-state index contributed by atoms with van der Waals surface area (Å²) in [6, 6.07) is 12.3. The minimum Gasteiger partial charge on any atom is -0.447 e. The minimum atomic E-state index is -0.934. The van der Waals surface area contributed by atoms with Crippen molar-refractivity contribution in [3.05, 3.63) is 102 Å². The van der Waals surface area contributed by atoms with Crippen molar-refractivity contribution in [1.29, 1.82) is 0 Å². The SMILES string of the molecule is O=C1NC(=O)N(c2ccccc2)C(=O)/C1=C/c1cc(Cl)c(Oc2ccc([N+](=O)[O-])cc2[N+](=O)[O-])c(Cl)c1. The molecule has 0 saturated carbocycles. The summed E-state index contributed by atoms with van der Waals surface area (Å²) in [5.74, 6) is -2.38. The Labute approximate surface area is 216 Å². The number of carbonyl (C=O) groups excluding carboxylic acids is 3. The number of hydrogen-bond donors (Lipinski definition) is 1. The molecule has 0 aliphatic carbocycles. The number of carbonyl (C=O) groups is 3. The molecule has 1 N–H and O–H groups in total. The number of nitro benzene ring substituents is 2. The normalized spacial score (nSPS) is 14.5. The molecule has 0 atom stereocenters. The zero-order valence-corrected chi connectivity index (χ0v) is 19.7. The second kappa shape index (κ2) is 10.0. The molecule has 1 saturated heterocycles. The van der Waals surface area contributed by atoms with Gasteiger partial charge in [0.1, 0.15) is 5.57 Å². The van der Waals surface area contributed by atoms with Crippen LogP contribution in [-0.2, 0) is 9.59 Å². The molecule has 4 rings (SSSR count). The molecule has 1 fully saturated rings. The molecule has 14 heteroatoms. The number of nitrogens with one attached hydrogen (secondary N) is 1. The molecular weight excluding hydrogens is 531 g/mol. The number of barbiturate groups is 1. The van der Waals surface area contributed by atoms with Crippen molar-refractivity contribution in [2.75, 3.05) is 4.90 Å². The highest BCUT2D eigenvalue weighted by Crippen LogP contribution is 2.41. The summed E-state index contributed by atoms with van der Waals surface area (Å²) in [7, 11) is 0. The average molecular weight is 543 g/mol. The van der Waals surface area contributed by atoms with E-state index in [0.29, 0.717) is 0 Å². The quantitative estimate of drug-likeness (QED) is 0.190. The van der Waals surface area contributed by atoms with Crippen molar-refractivity contribution in [2.45, 2.75) is 0 Å². The van der Waals surface area contributed by atoms with Crippen LogP contribution in [-0.4, -0.2) is 27.7 Å². The molecule has 4 amide bonds. The fourth-order valence-electron chi connectivity index (χ4n) is 3.35. The van der Waals surface area contributed by atoms with Gasteiger partial charge in [0.2, 0.25) is 5.75 Å². The molecule has 3 aromatic carbocycles. The van der Waals surface area contributed by atoms with E-state index in [1.807, 2.05) is 0 Å². The van der Waals surface area contributed by atoms with Crippen molar-refractivity contribution in [2.24, 2.45) is 0 Å². The van der Waals surface area contributed by atoms with Crippen LogP contribution in [0.15, 0.2) is 66.2 Å². The first-order valence-corrected chi connectivity index (χ1v) is 10.9. The number of benzene rings is 3. The van der Waals surface area contributed by atoms with Gasteiger partial charge in [-0.2, -0.15) is 0 Å². The third-order valence-electron chi connectivity index (χ3n) is 5.01. The number of para-hydroxylation sites is 1. The van der Waals surface area contributed by atoms with Crippen LogP contribution in [0.25, 0.3) is 6.08 Å². The third kappa shape index (κ3) is 5.10. The third-order valence-corrected chi connectivity index (χ3v) is 5.57. The van der Waals surface area contributed by atoms with E-state index in [2.05, 4.69) is 5.32 Å². The fraction of sp³-hybridized carbons (Fsp3) is 0. The van der Waals surface area contributed by atoms with Gasteiger partial charge in [-0.3, -0.25) is 35.1 Å². The minimum absolute atomic E-state index is 0.147. The Morgan fingerprint density at radius 2 is 1.54 bits per heavy atom. The molecule has 37 heavy (non-hydrogen) atoms. The van der Waals surface area contributed by atoms with Crippen LogP contribution in [0.1, 0.15) is 5.56 Å². The molecule has 1 aliphatic heterocycles. The van der Waals surface area contributed by atoms with E-state index >= 15 is 0 Å². The van der Waals surface area contributed by atoms with Crippen LogP contribution >= 0.6 is 23.2 Å². The maximum Gasteiger partial charge on any atom is 0.335 e. The van der Waals surface area contributed by atoms with Crippen molar-refractivity contribution < 1.29 is 29.0 Å². The van der Waals surface area contributed by atoms with Crippen molar-refractivity contribution in [1.82, 2.24) is 5.32 Å². The van der Waals surface area contributed by atoms with E-state index < -0.39 is 39.1 Å². The van der Waals surface area contributed by atoms with Gasteiger partial charge in [0, 0.05) is 6.07 Å². The van der Waals surface area contributed by atoms with Crippen LogP contribution in [0.2, 0.25) is 10.0 Å². The molecule has 0 bridgehead atoms. The Balaban J connectivity index is 1.68. The van der Waals surface area contributed by atoms with Crippen molar-refractivity contribution in [3.63, 3.8) is 0 Å². The van der Waals surface area contributed by atoms with Gasteiger partial charge in [-0.1, -0.05) is 41.4 Å². The lowest BCUT2D eigenvalue weighted by Crippen LogP contribution is -2.54. The summed E-state index contributed by atoms with van der Waals surface area (Å²) >= 11 is 12.5. The molecule has 0 spiro atoms. The number of anilines is 1. The Kier molecular flexibility index (Phi) is 6.87. The first-order valence-electron chi connectivity index (χ1n) is 10.1. The molecule has 1 heterocycles.